The first kappa shape index (κ1) is 21.0. The van der Waals surface area contributed by atoms with E-state index in [0.717, 1.165) is 12.8 Å². The molecule has 28 heavy (non-hydrogen) atoms. The lowest BCUT2D eigenvalue weighted by Gasteiger charge is -2.25. The van der Waals surface area contributed by atoms with E-state index in [9.17, 15) is 9.18 Å². The molecule has 0 amide bonds. The second-order valence-electron chi connectivity index (χ2n) is 7.89. The molecule has 0 spiro atoms. The van der Waals surface area contributed by atoms with E-state index in [1.54, 1.807) is 26.8 Å². The van der Waals surface area contributed by atoms with Crippen molar-refractivity contribution in [2.45, 2.75) is 58.3 Å². The number of hydrogen-bond donors (Lipinski definition) is 0. The molecule has 0 bridgehead atoms. The van der Waals surface area contributed by atoms with Gasteiger partial charge in [0.25, 0.3) is 0 Å². The third kappa shape index (κ3) is 5.03. The third-order valence-corrected chi connectivity index (χ3v) is 4.91. The second-order valence-corrected chi connectivity index (χ2v) is 8.74. The molecule has 6 nitrogen and oxygen atoms in total. The maximum Gasteiger partial charge on any atom is 0.348 e. The molecule has 1 aliphatic heterocycles. The zero-order valence-corrected chi connectivity index (χ0v) is 18.0. The standard InChI is InChI=1S/C20H25BrFNO5/c1-5-25-16-10-26-23-17(16)12-8-13(21)14(22)9-15(12)27-18(11-6-7-11)19(24)28-20(2,3)4/h8-9,11,16,18H,5-7,10H2,1-4H3/t16?,18-/m0/s1. The topological polar surface area (TPSA) is 66.3 Å². The molecule has 1 aromatic rings. The van der Waals surface area contributed by atoms with E-state index in [2.05, 4.69) is 21.1 Å². The summed E-state index contributed by atoms with van der Waals surface area (Å²) in [5.74, 6) is -0.670. The number of rotatable bonds is 7. The van der Waals surface area contributed by atoms with Gasteiger partial charge in [-0.1, -0.05) is 5.16 Å². The number of halogens is 2. The number of esters is 1. The number of ether oxygens (including phenoxy) is 3. The first-order valence-corrected chi connectivity index (χ1v) is 10.2. The Morgan fingerprint density at radius 3 is 2.71 bits per heavy atom. The van der Waals surface area contributed by atoms with Crippen LogP contribution in [0.25, 0.3) is 0 Å². The fourth-order valence-corrected chi connectivity index (χ4v) is 3.27. The average molecular weight is 458 g/mol. The number of oxime groups is 1. The summed E-state index contributed by atoms with van der Waals surface area (Å²) >= 11 is 3.20. The van der Waals surface area contributed by atoms with Gasteiger partial charge >= 0.3 is 5.97 Å². The number of nitrogens with zero attached hydrogens (tertiary/aromatic N) is 1. The Morgan fingerprint density at radius 1 is 1.39 bits per heavy atom. The minimum atomic E-state index is -0.799. The van der Waals surface area contributed by atoms with Crippen LogP contribution in [0.5, 0.6) is 5.75 Å². The SMILES string of the molecule is CCOC1CON=C1c1cc(Br)c(F)cc1O[C@H](C(=O)OC(C)(C)C)C1CC1. The van der Waals surface area contributed by atoms with Crippen LogP contribution in [0.4, 0.5) is 4.39 Å². The molecule has 1 aliphatic carbocycles. The molecule has 154 valence electrons. The summed E-state index contributed by atoms with van der Waals surface area (Å²) in [6.07, 6.45) is 0.547. The summed E-state index contributed by atoms with van der Waals surface area (Å²) in [6, 6.07) is 2.83. The molecule has 3 rings (SSSR count). The van der Waals surface area contributed by atoms with E-state index in [-0.39, 0.29) is 28.9 Å². The summed E-state index contributed by atoms with van der Waals surface area (Å²) in [5, 5.41) is 4.06. The molecule has 1 saturated carbocycles. The Morgan fingerprint density at radius 2 is 2.11 bits per heavy atom. The molecular weight excluding hydrogens is 433 g/mol. The van der Waals surface area contributed by atoms with Crippen molar-refractivity contribution in [2.75, 3.05) is 13.2 Å². The van der Waals surface area contributed by atoms with E-state index < -0.39 is 23.5 Å². The summed E-state index contributed by atoms with van der Waals surface area (Å²) in [7, 11) is 0. The Kier molecular flexibility index (Phi) is 6.29. The van der Waals surface area contributed by atoms with Gasteiger partial charge in [-0.2, -0.15) is 0 Å². The molecule has 1 aromatic carbocycles. The fraction of sp³-hybridized carbons (Fsp3) is 0.600. The predicted octanol–water partition coefficient (Wildman–Crippen LogP) is 4.23. The quantitative estimate of drug-likeness (QED) is 0.573. The maximum absolute atomic E-state index is 14.3. The van der Waals surface area contributed by atoms with Crippen molar-refractivity contribution in [2.24, 2.45) is 11.1 Å². The van der Waals surface area contributed by atoms with Gasteiger partial charge in [-0.25, -0.2) is 9.18 Å². The van der Waals surface area contributed by atoms with E-state index in [4.69, 9.17) is 19.0 Å². The van der Waals surface area contributed by atoms with Crippen molar-refractivity contribution >= 4 is 27.6 Å². The monoisotopic (exact) mass is 457 g/mol. The van der Waals surface area contributed by atoms with E-state index in [0.29, 0.717) is 17.9 Å². The van der Waals surface area contributed by atoms with Gasteiger partial charge in [-0.3, -0.25) is 0 Å². The summed E-state index contributed by atoms with van der Waals surface area (Å²) < 4.78 is 31.7. The van der Waals surface area contributed by atoms with Crippen molar-refractivity contribution in [1.82, 2.24) is 0 Å². The Hall–Kier alpha value is -1.67. The van der Waals surface area contributed by atoms with E-state index in [1.807, 2.05) is 6.92 Å². The van der Waals surface area contributed by atoms with Crippen LogP contribution in [-0.4, -0.2) is 42.7 Å². The van der Waals surface area contributed by atoms with Crippen LogP contribution in [0.3, 0.4) is 0 Å². The summed E-state index contributed by atoms with van der Waals surface area (Å²) in [5.41, 5.74) is 0.403. The highest BCUT2D eigenvalue weighted by molar-refractivity contribution is 9.10. The highest BCUT2D eigenvalue weighted by Gasteiger charge is 2.41. The van der Waals surface area contributed by atoms with Gasteiger partial charge in [0.2, 0.25) is 0 Å². The first-order valence-electron chi connectivity index (χ1n) is 9.40. The number of carbonyl (C=O) groups is 1. The van der Waals surface area contributed by atoms with Gasteiger partial charge < -0.3 is 19.0 Å². The molecule has 1 unspecified atom stereocenters. The van der Waals surface area contributed by atoms with Crippen LogP contribution in [-0.2, 0) is 19.1 Å². The minimum absolute atomic E-state index is 0.0545. The number of hydrogen-bond acceptors (Lipinski definition) is 6. The minimum Gasteiger partial charge on any atom is -0.478 e. The Bertz CT molecular complexity index is 773. The summed E-state index contributed by atoms with van der Waals surface area (Å²) in [4.78, 5) is 17.9. The average Bonchev–Trinajstić information content (AvgIpc) is 3.33. The van der Waals surface area contributed by atoms with Crippen molar-refractivity contribution in [1.29, 1.82) is 0 Å². The third-order valence-electron chi connectivity index (χ3n) is 4.30. The van der Waals surface area contributed by atoms with Gasteiger partial charge in [-0.15, -0.1) is 0 Å². The molecule has 0 saturated heterocycles. The lowest BCUT2D eigenvalue weighted by Crippen LogP contribution is -2.37. The van der Waals surface area contributed by atoms with Gasteiger partial charge in [-0.05, 0) is 62.5 Å². The van der Waals surface area contributed by atoms with Crippen LogP contribution in [0.2, 0.25) is 0 Å². The van der Waals surface area contributed by atoms with Crippen molar-refractivity contribution in [3.05, 3.63) is 28.0 Å². The van der Waals surface area contributed by atoms with Crippen LogP contribution < -0.4 is 4.74 Å². The van der Waals surface area contributed by atoms with Crippen LogP contribution >= 0.6 is 15.9 Å². The molecule has 1 heterocycles. The largest absolute Gasteiger partial charge is 0.478 e. The fourth-order valence-electron chi connectivity index (χ4n) is 2.92. The zero-order chi connectivity index (χ0) is 20.5. The highest BCUT2D eigenvalue weighted by atomic mass is 79.9. The van der Waals surface area contributed by atoms with Crippen LogP contribution in [0.1, 0.15) is 46.1 Å². The van der Waals surface area contributed by atoms with Gasteiger partial charge in [0.1, 0.15) is 35.6 Å². The van der Waals surface area contributed by atoms with Gasteiger partial charge in [0.05, 0.1) is 4.47 Å². The Labute approximate surface area is 172 Å². The van der Waals surface area contributed by atoms with Gasteiger partial charge in [0.15, 0.2) is 6.10 Å². The van der Waals surface area contributed by atoms with Gasteiger partial charge in [0, 0.05) is 24.2 Å². The molecular formula is C20H25BrFNO5. The second kappa shape index (κ2) is 8.37. The van der Waals surface area contributed by atoms with Crippen molar-refractivity contribution < 1.29 is 28.2 Å². The lowest BCUT2D eigenvalue weighted by molar-refractivity contribution is -0.164. The molecule has 2 atom stereocenters. The number of carbonyl (C=O) groups excluding carboxylic acids is 1. The van der Waals surface area contributed by atoms with Crippen LogP contribution in [0.15, 0.2) is 21.8 Å². The normalized spacial score (nSPS) is 20.4. The van der Waals surface area contributed by atoms with E-state index >= 15 is 0 Å². The molecule has 8 heteroatoms. The van der Waals surface area contributed by atoms with Crippen molar-refractivity contribution in [3.63, 3.8) is 0 Å². The smallest absolute Gasteiger partial charge is 0.348 e. The maximum atomic E-state index is 14.3. The number of benzene rings is 1. The Balaban J connectivity index is 1.92. The molecule has 0 aromatic heterocycles. The molecule has 1 fully saturated rings. The van der Waals surface area contributed by atoms with E-state index in [1.165, 1.54) is 6.07 Å². The summed E-state index contributed by atoms with van der Waals surface area (Å²) in [6.45, 7) is 8.04. The first-order chi connectivity index (χ1) is 13.2. The van der Waals surface area contributed by atoms with Crippen LogP contribution in [0, 0.1) is 11.7 Å². The predicted molar refractivity (Wildman–Crippen MR) is 105 cm³/mol. The molecule has 0 radical (unpaired) electrons. The highest BCUT2D eigenvalue weighted by Crippen LogP contribution is 2.38. The molecule has 2 aliphatic rings. The van der Waals surface area contributed by atoms with Crippen molar-refractivity contribution in [3.8, 4) is 5.75 Å². The lowest BCUT2D eigenvalue weighted by atomic mass is 10.0. The molecule has 0 N–H and O–H groups in total. The zero-order valence-electron chi connectivity index (χ0n) is 16.5.